The van der Waals surface area contributed by atoms with Crippen molar-refractivity contribution < 1.29 is 23.4 Å². The van der Waals surface area contributed by atoms with Gasteiger partial charge in [0.25, 0.3) is 5.91 Å². The highest BCUT2D eigenvalue weighted by Crippen LogP contribution is 2.36. The number of benzene rings is 3. The fourth-order valence-corrected chi connectivity index (χ4v) is 5.15. The van der Waals surface area contributed by atoms with Crippen molar-refractivity contribution in [2.24, 2.45) is 5.92 Å². The topological polar surface area (TPSA) is 68.8 Å². The fourth-order valence-electron chi connectivity index (χ4n) is 4.62. The minimum Gasteiger partial charge on any atom is -0.493 e. The molecule has 3 aromatic carbocycles. The van der Waals surface area contributed by atoms with Crippen molar-refractivity contribution in [3.05, 3.63) is 87.2 Å². The van der Waals surface area contributed by atoms with Crippen LogP contribution in [0.5, 0.6) is 17.2 Å². The summed E-state index contributed by atoms with van der Waals surface area (Å²) in [4.78, 5) is 12.9. The maximum absolute atomic E-state index is 14.7. The van der Waals surface area contributed by atoms with E-state index < -0.39 is 11.7 Å². The Labute approximate surface area is 230 Å². The van der Waals surface area contributed by atoms with E-state index in [2.05, 4.69) is 10.6 Å². The molecule has 0 saturated carbocycles. The number of amides is 1. The second-order valence-electron chi connectivity index (χ2n) is 8.81. The summed E-state index contributed by atoms with van der Waals surface area (Å²) in [7, 11) is 0. The Kier molecular flexibility index (Phi) is 9.03. The first-order valence-corrected chi connectivity index (χ1v) is 12.5. The minimum atomic E-state index is -0.580. The summed E-state index contributed by atoms with van der Waals surface area (Å²) < 4.78 is 31.5. The quantitative estimate of drug-likeness (QED) is 0.367. The van der Waals surface area contributed by atoms with Gasteiger partial charge in [-0.2, -0.15) is 0 Å². The number of piperidine rings is 1. The van der Waals surface area contributed by atoms with E-state index in [-0.39, 0.29) is 43.1 Å². The van der Waals surface area contributed by atoms with Gasteiger partial charge < -0.3 is 24.8 Å². The molecule has 1 saturated heterocycles. The molecule has 0 radical (unpaired) electrons. The van der Waals surface area contributed by atoms with Gasteiger partial charge in [-0.05, 0) is 60.8 Å². The van der Waals surface area contributed by atoms with Crippen molar-refractivity contribution in [3.63, 3.8) is 0 Å². The third-order valence-corrected chi connectivity index (χ3v) is 7.27. The predicted molar refractivity (Wildman–Crippen MR) is 143 cm³/mol. The second-order valence-corrected chi connectivity index (χ2v) is 9.62. The molecule has 5 rings (SSSR count). The molecule has 0 spiro atoms. The van der Waals surface area contributed by atoms with E-state index in [1.54, 1.807) is 30.3 Å². The largest absolute Gasteiger partial charge is 0.493 e. The van der Waals surface area contributed by atoms with Crippen LogP contribution in [0.2, 0.25) is 10.0 Å². The summed E-state index contributed by atoms with van der Waals surface area (Å²) in [5.74, 6) is 1.20. The average molecular weight is 568 g/mol. The molecular weight excluding hydrogens is 542 g/mol. The van der Waals surface area contributed by atoms with Crippen LogP contribution in [0, 0.1) is 11.7 Å². The number of fused-ring (bicyclic) bond motifs is 1. The second kappa shape index (κ2) is 12.2. The first-order chi connectivity index (χ1) is 17.5. The maximum Gasteiger partial charge on any atom is 0.254 e. The van der Waals surface area contributed by atoms with Gasteiger partial charge in [0.1, 0.15) is 11.6 Å². The molecule has 0 unspecified atom stereocenters. The van der Waals surface area contributed by atoms with E-state index in [0.29, 0.717) is 39.5 Å². The summed E-state index contributed by atoms with van der Waals surface area (Å²) in [5.41, 5.74) is 1.48. The highest BCUT2D eigenvalue weighted by molar-refractivity contribution is 6.36. The van der Waals surface area contributed by atoms with Crippen molar-refractivity contribution in [2.45, 2.75) is 18.9 Å². The lowest BCUT2D eigenvalue weighted by Gasteiger charge is -2.32. The van der Waals surface area contributed by atoms with Gasteiger partial charge in [0.2, 0.25) is 6.79 Å². The molecule has 2 N–H and O–H groups in total. The zero-order valence-electron chi connectivity index (χ0n) is 19.8. The molecule has 1 amide bonds. The van der Waals surface area contributed by atoms with Gasteiger partial charge in [-0.3, -0.25) is 4.79 Å². The zero-order chi connectivity index (χ0) is 25.1. The number of nitrogens with one attached hydrogen (secondary N) is 2. The SMILES string of the molecule is Cl.O=C(NCc1c(Cl)cccc1Cl)c1cc([C@@H]2CCNC[C@H]2COc2ccc3c(c2)OCO3)ccc1F. The van der Waals surface area contributed by atoms with Crippen LogP contribution >= 0.6 is 35.6 Å². The number of carbonyl (C=O) groups is 1. The number of hydrogen-bond acceptors (Lipinski definition) is 5. The molecule has 0 aromatic heterocycles. The van der Waals surface area contributed by atoms with E-state index in [9.17, 15) is 9.18 Å². The Hall–Kier alpha value is -2.71. The predicted octanol–water partition coefficient (Wildman–Crippen LogP) is 5.99. The first-order valence-electron chi connectivity index (χ1n) is 11.7. The number of ether oxygens (including phenoxy) is 3. The molecule has 2 aliphatic rings. The van der Waals surface area contributed by atoms with Crippen LogP contribution in [-0.4, -0.2) is 32.4 Å². The molecule has 10 heteroatoms. The number of halogens is 4. The molecular formula is C27H26Cl3FN2O4. The van der Waals surface area contributed by atoms with Gasteiger partial charge in [-0.1, -0.05) is 35.3 Å². The molecule has 6 nitrogen and oxygen atoms in total. The fraction of sp³-hybridized carbons (Fsp3) is 0.296. The van der Waals surface area contributed by atoms with E-state index in [0.717, 1.165) is 25.1 Å². The van der Waals surface area contributed by atoms with E-state index in [4.69, 9.17) is 37.4 Å². The van der Waals surface area contributed by atoms with Crippen LogP contribution in [0.15, 0.2) is 54.6 Å². The molecule has 2 atom stereocenters. The summed E-state index contributed by atoms with van der Waals surface area (Å²) >= 11 is 12.4. The lowest BCUT2D eigenvalue weighted by molar-refractivity contribution is 0.0946. The molecule has 1 fully saturated rings. The summed E-state index contributed by atoms with van der Waals surface area (Å²) in [6.07, 6.45) is 0.844. The van der Waals surface area contributed by atoms with Crippen molar-refractivity contribution in [1.82, 2.24) is 10.6 Å². The zero-order valence-corrected chi connectivity index (χ0v) is 22.1. The van der Waals surface area contributed by atoms with E-state index in [1.807, 2.05) is 18.2 Å². The Morgan fingerprint density at radius 2 is 1.86 bits per heavy atom. The normalized spacial score (nSPS) is 18.1. The molecule has 0 bridgehead atoms. The van der Waals surface area contributed by atoms with Gasteiger partial charge in [0, 0.05) is 40.7 Å². The Balaban J connectivity index is 0.00000320. The lowest BCUT2D eigenvalue weighted by atomic mass is 9.81. The average Bonchev–Trinajstić information content (AvgIpc) is 3.35. The van der Waals surface area contributed by atoms with Crippen molar-refractivity contribution in [3.8, 4) is 17.2 Å². The van der Waals surface area contributed by atoms with Gasteiger partial charge in [-0.25, -0.2) is 4.39 Å². The smallest absolute Gasteiger partial charge is 0.254 e. The number of hydrogen-bond donors (Lipinski definition) is 2. The molecule has 2 heterocycles. The number of rotatable bonds is 7. The first kappa shape index (κ1) is 27.3. The highest BCUT2D eigenvalue weighted by Gasteiger charge is 2.28. The molecule has 3 aromatic rings. The number of carbonyl (C=O) groups excluding carboxylic acids is 1. The summed E-state index contributed by atoms with van der Waals surface area (Å²) in [5, 5.41) is 7.03. The Morgan fingerprint density at radius 3 is 2.68 bits per heavy atom. The van der Waals surface area contributed by atoms with Gasteiger partial charge in [-0.15, -0.1) is 12.4 Å². The minimum absolute atomic E-state index is 0. The Bertz CT molecular complexity index is 1260. The maximum atomic E-state index is 14.7. The Morgan fingerprint density at radius 1 is 1.08 bits per heavy atom. The van der Waals surface area contributed by atoms with Gasteiger partial charge >= 0.3 is 0 Å². The van der Waals surface area contributed by atoms with Crippen LogP contribution in [0.1, 0.15) is 33.8 Å². The standard InChI is InChI=1S/C27H25Cl2FN2O4.ClH/c28-22-2-1-3-23(29)21(22)13-32-27(33)20-10-16(4-6-24(20)30)19-8-9-31-12-17(19)14-34-18-5-7-25-26(11-18)36-15-35-25;/h1-7,10-11,17,19,31H,8-9,12-15H2,(H,32,33);1H/t17-,19-;/m0./s1. The lowest BCUT2D eigenvalue weighted by Crippen LogP contribution is -2.38. The molecule has 0 aliphatic carbocycles. The molecule has 196 valence electrons. The van der Waals surface area contributed by atoms with Crippen LogP contribution in [0.3, 0.4) is 0 Å². The third kappa shape index (κ3) is 6.24. The highest BCUT2D eigenvalue weighted by atomic mass is 35.5. The van der Waals surface area contributed by atoms with Crippen LogP contribution < -0.4 is 24.8 Å². The summed E-state index contributed by atoms with van der Waals surface area (Å²) in [6, 6.07) is 15.4. The van der Waals surface area contributed by atoms with Crippen LogP contribution in [-0.2, 0) is 6.54 Å². The van der Waals surface area contributed by atoms with E-state index in [1.165, 1.54) is 6.07 Å². The monoisotopic (exact) mass is 566 g/mol. The third-order valence-electron chi connectivity index (χ3n) is 6.57. The van der Waals surface area contributed by atoms with Gasteiger partial charge in [0.05, 0.1) is 12.2 Å². The van der Waals surface area contributed by atoms with Crippen molar-refractivity contribution >= 4 is 41.5 Å². The molecule has 2 aliphatic heterocycles. The van der Waals surface area contributed by atoms with Crippen molar-refractivity contribution in [2.75, 3.05) is 26.5 Å². The van der Waals surface area contributed by atoms with Crippen LogP contribution in [0.4, 0.5) is 4.39 Å². The van der Waals surface area contributed by atoms with E-state index >= 15 is 0 Å². The molecule has 37 heavy (non-hydrogen) atoms. The van der Waals surface area contributed by atoms with Crippen LogP contribution in [0.25, 0.3) is 0 Å². The van der Waals surface area contributed by atoms with Gasteiger partial charge in [0.15, 0.2) is 11.5 Å². The summed E-state index contributed by atoms with van der Waals surface area (Å²) in [6.45, 7) is 2.34. The van der Waals surface area contributed by atoms with Crippen molar-refractivity contribution in [1.29, 1.82) is 0 Å².